The Kier molecular flexibility index (Phi) is 9.42. The maximum atomic E-state index is 12.5. The van der Waals surface area contributed by atoms with Crippen LogP contribution in [0.1, 0.15) is 18.5 Å². The molecule has 9 nitrogen and oxygen atoms in total. The zero-order valence-corrected chi connectivity index (χ0v) is 21.0. The second-order valence-corrected chi connectivity index (χ2v) is 9.14. The minimum Gasteiger partial charge on any atom is -0.379 e. The molecule has 3 aromatic rings. The maximum absolute atomic E-state index is 12.5. The largest absolute Gasteiger partial charge is 0.379 e. The van der Waals surface area contributed by atoms with Crippen molar-refractivity contribution in [1.29, 1.82) is 0 Å². The van der Waals surface area contributed by atoms with Crippen molar-refractivity contribution in [2.45, 2.75) is 31.8 Å². The Morgan fingerprint density at radius 2 is 1.89 bits per heavy atom. The molecule has 3 heterocycles. The molecule has 35 heavy (non-hydrogen) atoms. The lowest BCUT2D eigenvalue weighted by Crippen LogP contribution is -2.41. The average molecular weight is 524 g/mol. The number of aromatic nitrogens is 3. The highest BCUT2D eigenvalue weighted by atomic mass is 35.5. The van der Waals surface area contributed by atoms with E-state index in [1.807, 2.05) is 24.5 Å². The molecule has 0 bridgehead atoms. The van der Waals surface area contributed by atoms with Crippen LogP contribution in [0, 0.1) is 0 Å². The molecule has 0 saturated heterocycles. The number of rotatable bonds is 13. The molecule has 0 fully saturated rings. The topological polar surface area (TPSA) is 116 Å². The van der Waals surface area contributed by atoms with Crippen LogP contribution in [0.25, 0.3) is 22.0 Å². The van der Waals surface area contributed by atoms with Crippen LogP contribution in [0.4, 0.5) is 0 Å². The summed E-state index contributed by atoms with van der Waals surface area (Å²) in [6.07, 6.45) is 5.62. The molecule has 0 radical (unpaired) electrons. The summed E-state index contributed by atoms with van der Waals surface area (Å²) in [5.41, 5.74) is 9.53. The van der Waals surface area contributed by atoms with Crippen molar-refractivity contribution in [3.8, 4) is 11.1 Å². The number of nitrogens with two attached hydrogens (primary N) is 1. The molecule has 1 unspecified atom stereocenters. The number of nitrogens with zero attached hydrogens (tertiary/aromatic N) is 2. The van der Waals surface area contributed by atoms with Gasteiger partial charge in [-0.1, -0.05) is 29.3 Å². The van der Waals surface area contributed by atoms with E-state index in [-0.39, 0.29) is 11.9 Å². The molecule has 0 spiro atoms. The molecule has 1 aliphatic heterocycles. The van der Waals surface area contributed by atoms with E-state index in [2.05, 4.69) is 20.1 Å². The molecule has 11 heteroatoms. The Labute approximate surface area is 214 Å². The van der Waals surface area contributed by atoms with Gasteiger partial charge in [-0.2, -0.15) is 5.10 Å². The second-order valence-electron chi connectivity index (χ2n) is 8.36. The number of halogens is 2. The van der Waals surface area contributed by atoms with Crippen LogP contribution in [0.15, 0.2) is 24.5 Å². The average Bonchev–Trinajstić information content (AvgIpc) is 3.48. The number of carbonyl (C=O) groups excluding carboxylic acids is 1. The zero-order chi connectivity index (χ0) is 24.6. The van der Waals surface area contributed by atoms with Crippen LogP contribution in [0.5, 0.6) is 0 Å². The molecule has 190 valence electrons. The monoisotopic (exact) mass is 523 g/mol. The van der Waals surface area contributed by atoms with E-state index in [1.165, 1.54) is 5.69 Å². The molecule has 4 rings (SSSR count). The third-order valence-corrected chi connectivity index (χ3v) is 6.78. The third kappa shape index (κ3) is 6.35. The first-order valence-corrected chi connectivity index (χ1v) is 12.6. The van der Waals surface area contributed by atoms with Crippen molar-refractivity contribution < 1.29 is 19.0 Å². The van der Waals surface area contributed by atoms with Gasteiger partial charge in [0.25, 0.3) is 0 Å². The Morgan fingerprint density at radius 1 is 1.14 bits per heavy atom. The fourth-order valence-corrected chi connectivity index (χ4v) is 4.85. The van der Waals surface area contributed by atoms with E-state index in [1.54, 1.807) is 0 Å². The van der Waals surface area contributed by atoms with Gasteiger partial charge in [0.2, 0.25) is 5.91 Å². The number of nitrogens with one attached hydrogen (secondary N) is 2. The lowest BCUT2D eigenvalue weighted by atomic mass is 9.99. The molecule has 0 saturated carbocycles. The molecule has 0 aliphatic carbocycles. The van der Waals surface area contributed by atoms with E-state index in [4.69, 9.17) is 43.1 Å². The number of hydrogen-bond acceptors (Lipinski definition) is 6. The van der Waals surface area contributed by atoms with Gasteiger partial charge in [-0.05, 0) is 18.9 Å². The summed E-state index contributed by atoms with van der Waals surface area (Å²) in [7, 11) is 0. The Balaban J connectivity index is 1.30. The number of benzene rings is 1. The van der Waals surface area contributed by atoms with E-state index >= 15 is 0 Å². The van der Waals surface area contributed by atoms with Crippen molar-refractivity contribution in [2.75, 3.05) is 46.2 Å². The Morgan fingerprint density at radius 3 is 2.60 bits per heavy atom. The highest BCUT2D eigenvalue weighted by molar-refractivity contribution is 6.45. The first-order valence-electron chi connectivity index (χ1n) is 11.8. The fraction of sp³-hybridized carbons (Fsp3) is 0.500. The van der Waals surface area contributed by atoms with Gasteiger partial charge in [0, 0.05) is 54.0 Å². The zero-order valence-electron chi connectivity index (χ0n) is 19.5. The summed E-state index contributed by atoms with van der Waals surface area (Å²) in [6, 6.07) is 3.82. The number of carbonyl (C=O) groups is 1. The minimum atomic E-state index is -0.0369. The maximum Gasteiger partial charge on any atom is 0.222 e. The summed E-state index contributed by atoms with van der Waals surface area (Å²) < 4.78 is 18.3. The number of H-pyrrole nitrogens is 1. The molecule has 1 amide bonds. The second kappa shape index (κ2) is 12.7. The smallest absolute Gasteiger partial charge is 0.222 e. The van der Waals surface area contributed by atoms with Gasteiger partial charge in [-0.25, -0.2) is 0 Å². The number of ether oxygens (including phenoxy) is 3. The minimum absolute atomic E-state index is 0.00491. The van der Waals surface area contributed by atoms with Gasteiger partial charge < -0.3 is 29.8 Å². The first kappa shape index (κ1) is 25.9. The Hall–Kier alpha value is -2.14. The van der Waals surface area contributed by atoms with Gasteiger partial charge in [0.1, 0.15) is 0 Å². The molecule has 1 aliphatic rings. The number of amides is 1. The van der Waals surface area contributed by atoms with Crippen LogP contribution in [0.3, 0.4) is 0 Å². The van der Waals surface area contributed by atoms with Crippen molar-refractivity contribution in [3.63, 3.8) is 0 Å². The molecular weight excluding hydrogens is 493 g/mol. The highest BCUT2D eigenvalue weighted by Gasteiger charge is 2.28. The molecule has 1 aromatic carbocycles. The van der Waals surface area contributed by atoms with Crippen molar-refractivity contribution in [1.82, 2.24) is 20.1 Å². The van der Waals surface area contributed by atoms with Crippen molar-refractivity contribution in [3.05, 3.63) is 40.3 Å². The van der Waals surface area contributed by atoms with Crippen LogP contribution in [-0.4, -0.2) is 72.9 Å². The van der Waals surface area contributed by atoms with Gasteiger partial charge in [0.15, 0.2) is 0 Å². The highest BCUT2D eigenvalue weighted by Crippen LogP contribution is 2.42. The Bertz CT molecular complexity index is 1120. The standard InChI is InChI=1S/C24H31Cl2N5O4/c25-19-3-2-18-22(16-13-28-29-14-16)20-4-1-17(15-31(20)24(18)23(19)26)30-21(32)5-7-33-9-11-35-12-10-34-8-6-27/h2-3,13-14,17H,1,4-12,15,27H2,(H,28,29)(H,30,32). The third-order valence-electron chi connectivity index (χ3n) is 5.99. The van der Waals surface area contributed by atoms with Crippen LogP contribution in [-0.2, 0) is 32.0 Å². The SMILES string of the molecule is NCCOCCOCCOCCC(=O)NC1CCc2c(-c3cn[nH]c3)c3ccc(Cl)c(Cl)c3n2C1. The normalized spacial score (nSPS) is 15.5. The summed E-state index contributed by atoms with van der Waals surface area (Å²) in [4.78, 5) is 12.5. The van der Waals surface area contributed by atoms with E-state index in [0.29, 0.717) is 69.2 Å². The summed E-state index contributed by atoms with van der Waals surface area (Å²) >= 11 is 13.0. The quantitative estimate of drug-likeness (QED) is 0.296. The van der Waals surface area contributed by atoms with Gasteiger partial charge >= 0.3 is 0 Å². The lowest BCUT2D eigenvalue weighted by Gasteiger charge is -2.27. The van der Waals surface area contributed by atoms with Gasteiger partial charge in [0.05, 0.1) is 61.4 Å². The molecule has 4 N–H and O–H groups in total. The number of fused-ring (bicyclic) bond motifs is 3. The van der Waals surface area contributed by atoms with Crippen LogP contribution in [0.2, 0.25) is 10.0 Å². The first-order chi connectivity index (χ1) is 17.1. The van der Waals surface area contributed by atoms with Crippen molar-refractivity contribution in [2.24, 2.45) is 5.73 Å². The summed E-state index contributed by atoms with van der Waals surface area (Å²) in [6.45, 7) is 3.91. The van der Waals surface area contributed by atoms with Gasteiger partial charge in [-0.3, -0.25) is 9.89 Å². The molecule has 1 atom stereocenters. The van der Waals surface area contributed by atoms with Gasteiger partial charge in [-0.15, -0.1) is 0 Å². The molecule has 2 aromatic heterocycles. The predicted molar refractivity (Wildman–Crippen MR) is 136 cm³/mol. The lowest BCUT2D eigenvalue weighted by molar-refractivity contribution is -0.123. The van der Waals surface area contributed by atoms with Crippen LogP contribution >= 0.6 is 23.2 Å². The predicted octanol–water partition coefficient (Wildman–Crippen LogP) is 3.17. The summed E-state index contributed by atoms with van der Waals surface area (Å²) in [5, 5.41) is 12.2. The van der Waals surface area contributed by atoms with Crippen molar-refractivity contribution >= 4 is 40.0 Å². The van der Waals surface area contributed by atoms with Crippen LogP contribution < -0.4 is 11.1 Å². The number of hydrogen-bond donors (Lipinski definition) is 3. The number of aromatic amines is 1. The van der Waals surface area contributed by atoms with E-state index in [9.17, 15) is 4.79 Å². The summed E-state index contributed by atoms with van der Waals surface area (Å²) in [5.74, 6) is -0.0369. The van der Waals surface area contributed by atoms with E-state index in [0.717, 1.165) is 34.9 Å². The molecular formula is C24H31Cl2N5O4. The fourth-order valence-electron chi connectivity index (χ4n) is 4.43. The van der Waals surface area contributed by atoms with E-state index < -0.39 is 0 Å².